The Hall–Kier alpha value is -1.53. The summed E-state index contributed by atoms with van der Waals surface area (Å²) < 4.78 is 43.3. The second kappa shape index (κ2) is 3.98. The van der Waals surface area contributed by atoms with Crippen LogP contribution in [0.25, 0.3) is 0 Å². The number of alkyl halides is 3. The first-order valence-electron chi connectivity index (χ1n) is 5.85. The van der Waals surface area contributed by atoms with Crippen LogP contribution in [-0.4, -0.2) is 34.7 Å². The average molecular weight is 277 g/mol. The lowest BCUT2D eigenvalue weighted by Gasteiger charge is -2.30. The number of ether oxygens (including phenoxy) is 1. The van der Waals surface area contributed by atoms with E-state index in [1.165, 1.54) is 0 Å². The molecule has 2 amide bonds. The molecule has 19 heavy (non-hydrogen) atoms. The van der Waals surface area contributed by atoms with Gasteiger partial charge in [0.25, 0.3) is 0 Å². The molecule has 1 fully saturated rings. The Bertz CT molecular complexity index is 462. The molecule has 2 bridgehead atoms. The normalized spacial score (nSPS) is 26.7. The highest BCUT2D eigenvalue weighted by Gasteiger charge is 2.56. The Morgan fingerprint density at radius 1 is 1.37 bits per heavy atom. The number of hydrogen-bond acceptors (Lipinski definition) is 3. The van der Waals surface area contributed by atoms with Gasteiger partial charge < -0.3 is 4.74 Å². The number of carbonyl (C=O) groups is 2. The van der Waals surface area contributed by atoms with E-state index < -0.39 is 41.3 Å². The first-order chi connectivity index (χ1) is 8.50. The van der Waals surface area contributed by atoms with E-state index in [4.69, 9.17) is 4.74 Å². The van der Waals surface area contributed by atoms with Crippen LogP contribution in [0.4, 0.5) is 18.0 Å². The molecule has 0 spiro atoms. The van der Waals surface area contributed by atoms with Crippen molar-refractivity contribution in [1.29, 1.82) is 0 Å². The van der Waals surface area contributed by atoms with Gasteiger partial charge in [-0.15, -0.1) is 0 Å². The van der Waals surface area contributed by atoms with Crippen molar-refractivity contribution in [3.05, 3.63) is 11.6 Å². The van der Waals surface area contributed by atoms with Gasteiger partial charge in [-0.25, -0.2) is 9.69 Å². The molecule has 0 aromatic heterocycles. The monoisotopic (exact) mass is 277 g/mol. The fourth-order valence-corrected chi connectivity index (χ4v) is 2.32. The smallest absolute Gasteiger partial charge is 0.417 e. The lowest BCUT2D eigenvalue weighted by Crippen LogP contribution is -2.46. The van der Waals surface area contributed by atoms with Crippen molar-refractivity contribution < 1.29 is 27.5 Å². The maximum atomic E-state index is 12.8. The third-order valence-corrected chi connectivity index (χ3v) is 3.00. The second-order valence-electron chi connectivity index (χ2n) is 5.67. The van der Waals surface area contributed by atoms with Crippen LogP contribution >= 0.6 is 0 Å². The van der Waals surface area contributed by atoms with Crippen molar-refractivity contribution in [2.24, 2.45) is 5.92 Å². The molecule has 1 saturated heterocycles. The average Bonchev–Trinajstić information content (AvgIpc) is 2.69. The molecule has 2 aliphatic rings. The molecule has 0 radical (unpaired) electrons. The first-order valence-corrected chi connectivity index (χ1v) is 5.85. The van der Waals surface area contributed by atoms with Crippen LogP contribution in [-0.2, 0) is 9.53 Å². The highest BCUT2D eigenvalue weighted by atomic mass is 19.4. The fraction of sp³-hybridized carbons (Fsp3) is 0.667. The molecule has 4 nitrogen and oxygen atoms in total. The van der Waals surface area contributed by atoms with Gasteiger partial charge in [0.15, 0.2) is 0 Å². The third-order valence-electron chi connectivity index (χ3n) is 3.00. The maximum absolute atomic E-state index is 12.8. The van der Waals surface area contributed by atoms with Crippen LogP contribution in [0.15, 0.2) is 11.6 Å². The van der Waals surface area contributed by atoms with Gasteiger partial charge in [0.05, 0.1) is 17.5 Å². The zero-order valence-corrected chi connectivity index (χ0v) is 10.7. The van der Waals surface area contributed by atoms with E-state index in [0.29, 0.717) is 4.90 Å². The third kappa shape index (κ3) is 2.46. The zero-order chi connectivity index (χ0) is 14.6. The molecular formula is C12H14F3NO3. The Balaban J connectivity index is 2.23. The molecule has 0 aromatic carbocycles. The fourth-order valence-electron chi connectivity index (χ4n) is 2.32. The number of carbonyl (C=O) groups excluding carboxylic acids is 2. The summed E-state index contributed by atoms with van der Waals surface area (Å²) in [4.78, 5) is 24.2. The quantitative estimate of drug-likeness (QED) is 0.639. The molecule has 1 aliphatic heterocycles. The summed E-state index contributed by atoms with van der Waals surface area (Å²) >= 11 is 0. The van der Waals surface area contributed by atoms with E-state index >= 15 is 0 Å². The summed E-state index contributed by atoms with van der Waals surface area (Å²) in [6.45, 7) is 4.76. The van der Waals surface area contributed by atoms with E-state index in [2.05, 4.69) is 0 Å². The molecular weight excluding hydrogens is 263 g/mol. The van der Waals surface area contributed by atoms with Crippen LogP contribution in [0.2, 0.25) is 0 Å². The SMILES string of the molecule is CC(C)(C)OC(=O)N1C(=O)[C@H]2C=C(C(F)(F)F)[C@@H]1C2. The lowest BCUT2D eigenvalue weighted by molar-refractivity contribution is -0.133. The minimum atomic E-state index is -4.53. The molecule has 0 aromatic rings. The summed E-state index contributed by atoms with van der Waals surface area (Å²) in [5.74, 6) is -1.48. The van der Waals surface area contributed by atoms with Gasteiger partial charge in [-0.3, -0.25) is 4.79 Å². The topological polar surface area (TPSA) is 46.6 Å². The highest BCUT2D eigenvalue weighted by molar-refractivity contribution is 5.98. The Labute approximate surface area is 108 Å². The van der Waals surface area contributed by atoms with Gasteiger partial charge >= 0.3 is 12.3 Å². The van der Waals surface area contributed by atoms with Crippen molar-refractivity contribution in [3.63, 3.8) is 0 Å². The molecule has 2 rings (SSSR count). The van der Waals surface area contributed by atoms with Gasteiger partial charge in [-0.2, -0.15) is 13.2 Å². The van der Waals surface area contributed by atoms with Crippen molar-refractivity contribution >= 4 is 12.0 Å². The number of hydrogen-bond donors (Lipinski definition) is 0. The summed E-state index contributed by atoms with van der Waals surface area (Å²) in [7, 11) is 0. The number of amides is 2. The predicted molar refractivity (Wildman–Crippen MR) is 59.1 cm³/mol. The molecule has 0 N–H and O–H groups in total. The standard InChI is InChI=1S/C12H14F3NO3/c1-11(2,3)19-10(18)16-8-5-6(9(16)17)4-7(8)12(13,14)15/h4,6,8H,5H2,1-3H3/t6-,8-/m0/s1. The number of fused-ring (bicyclic) bond motifs is 2. The molecule has 7 heteroatoms. The van der Waals surface area contributed by atoms with E-state index in [-0.39, 0.29) is 6.42 Å². The summed E-state index contributed by atoms with van der Waals surface area (Å²) in [6, 6.07) is -1.24. The predicted octanol–water partition coefficient (Wildman–Crippen LogP) is 2.64. The number of nitrogens with zero attached hydrogens (tertiary/aromatic N) is 1. The number of imide groups is 1. The number of rotatable bonds is 0. The Morgan fingerprint density at radius 2 is 1.95 bits per heavy atom. The van der Waals surface area contributed by atoms with Crippen LogP contribution in [0, 0.1) is 5.92 Å². The van der Waals surface area contributed by atoms with Gasteiger partial charge in [0, 0.05) is 0 Å². The summed E-state index contributed by atoms with van der Waals surface area (Å²) in [5, 5.41) is 0. The van der Waals surface area contributed by atoms with Crippen LogP contribution in [0.5, 0.6) is 0 Å². The van der Waals surface area contributed by atoms with Gasteiger partial charge in [-0.05, 0) is 27.2 Å². The Morgan fingerprint density at radius 3 is 2.37 bits per heavy atom. The van der Waals surface area contributed by atoms with Gasteiger partial charge in [0.1, 0.15) is 5.60 Å². The minimum absolute atomic E-state index is 0.00702. The van der Waals surface area contributed by atoms with Crippen LogP contribution < -0.4 is 0 Å². The van der Waals surface area contributed by atoms with Crippen molar-refractivity contribution in [2.45, 2.75) is 45.0 Å². The second-order valence-corrected chi connectivity index (χ2v) is 5.67. The lowest BCUT2D eigenvalue weighted by atomic mass is 10.1. The van der Waals surface area contributed by atoms with E-state index in [0.717, 1.165) is 6.08 Å². The largest absolute Gasteiger partial charge is 0.443 e. The van der Waals surface area contributed by atoms with Gasteiger partial charge in [0.2, 0.25) is 5.91 Å². The van der Waals surface area contributed by atoms with Crippen molar-refractivity contribution in [3.8, 4) is 0 Å². The van der Waals surface area contributed by atoms with E-state index in [9.17, 15) is 22.8 Å². The summed E-state index contributed by atoms with van der Waals surface area (Å²) in [5.41, 5.74) is -1.69. The molecule has 2 atom stereocenters. The van der Waals surface area contributed by atoms with Crippen LogP contribution in [0.3, 0.4) is 0 Å². The van der Waals surface area contributed by atoms with E-state index in [1.54, 1.807) is 20.8 Å². The van der Waals surface area contributed by atoms with E-state index in [1.807, 2.05) is 0 Å². The van der Waals surface area contributed by atoms with Crippen molar-refractivity contribution in [2.75, 3.05) is 0 Å². The number of halogens is 3. The maximum Gasteiger partial charge on any atom is 0.417 e. The molecule has 0 saturated carbocycles. The number of likely N-dealkylation sites (tertiary alicyclic amines) is 1. The molecule has 106 valence electrons. The zero-order valence-electron chi connectivity index (χ0n) is 10.7. The molecule has 0 unspecified atom stereocenters. The molecule has 1 aliphatic carbocycles. The van der Waals surface area contributed by atoms with Crippen molar-refractivity contribution in [1.82, 2.24) is 4.90 Å². The first kappa shape index (κ1) is 13.9. The minimum Gasteiger partial charge on any atom is -0.443 e. The summed E-state index contributed by atoms with van der Waals surface area (Å²) in [6.07, 6.45) is -4.64. The van der Waals surface area contributed by atoms with Gasteiger partial charge in [-0.1, -0.05) is 6.08 Å². The van der Waals surface area contributed by atoms with Crippen LogP contribution in [0.1, 0.15) is 27.2 Å². The molecule has 1 heterocycles. The Kier molecular flexibility index (Phi) is 2.91. The highest BCUT2D eigenvalue weighted by Crippen LogP contribution is 2.45.